The van der Waals surface area contributed by atoms with Crippen LogP contribution in [0.25, 0.3) is 0 Å². The Labute approximate surface area is 205 Å². The van der Waals surface area contributed by atoms with Crippen LogP contribution in [-0.4, -0.2) is 80.9 Å². The van der Waals surface area contributed by atoms with Crippen molar-refractivity contribution in [3.63, 3.8) is 0 Å². The maximum absolute atomic E-state index is 14.0. The predicted molar refractivity (Wildman–Crippen MR) is 130 cm³/mol. The molecule has 1 aromatic heterocycles. The minimum atomic E-state index is -0.929. The van der Waals surface area contributed by atoms with Gasteiger partial charge in [0.05, 0.1) is 24.0 Å². The predicted octanol–water partition coefficient (Wildman–Crippen LogP) is 2.39. The zero-order chi connectivity index (χ0) is 24.5. The molecule has 1 aromatic carbocycles. The minimum absolute atomic E-state index is 0.0193. The lowest BCUT2D eigenvalue weighted by molar-refractivity contribution is 0.0136. The molecular weight excluding hydrogens is 453 g/mol. The summed E-state index contributed by atoms with van der Waals surface area (Å²) in [6.45, 7) is 4.45. The van der Waals surface area contributed by atoms with Crippen molar-refractivity contribution in [1.29, 1.82) is 0 Å². The summed E-state index contributed by atoms with van der Waals surface area (Å²) in [4.78, 5) is 4.52. The Morgan fingerprint density at radius 1 is 0.886 bits per heavy atom. The fourth-order valence-electron chi connectivity index (χ4n) is 5.72. The number of aromatic nitrogens is 1. The lowest BCUT2D eigenvalue weighted by atomic mass is 9.90. The maximum atomic E-state index is 14.0. The van der Waals surface area contributed by atoms with E-state index in [1.165, 1.54) is 23.5 Å². The highest BCUT2D eigenvalue weighted by Gasteiger charge is 2.33. The van der Waals surface area contributed by atoms with E-state index in [1.54, 1.807) is 12.1 Å². The van der Waals surface area contributed by atoms with Crippen LogP contribution in [0.3, 0.4) is 0 Å². The highest BCUT2D eigenvalue weighted by atomic mass is 19.1. The molecule has 192 valence electrons. The van der Waals surface area contributed by atoms with E-state index in [9.17, 15) is 24.8 Å². The number of nitrogens with zero attached hydrogens (tertiary/aromatic N) is 3. The molecule has 0 amide bonds. The van der Waals surface area contributed by atoms with Gasteiger partial charge in [-0.1, -0.05) is 0 Å². The third-order valence-corrected chi connectivity index (χ3v) is 7.77. The third-order valence-electron chi connectivity index (χ3n) is 7.77. The van der Waals surface area contributed by atoms with Crippen molar-refractivity contribution >= 4 is 5.69 Å². The molecular formula is C26H36FN3O5. The Morgan fingerprint density at radius 3 is 2.14 bits per heavy atom. The quantitative estimate of drug-likeness (QED) is 0.474. The molecule has 2 aromatic rings. The zero-order valence-corrected chi connectivity index (χ0v) is 20.1. The summed E-state index contributed by atoms with van der Waals surface area (Å²) in [7, 11) is 0. The molecule has 8 nitrogen and oxygen atoms in total. The van der Waals surface area contributed by atoms with Crippen LogP contribution in [0, 0.1) is 5.82 Å². The second kappa shape index (κ2) is 10.2. The number of hydrogen-bond acceptors (Lipinski definition) is 7. The van der Waals surface area contributed by atoms with E-state index in [2.05, 4.69) is 9.80 Å². The summed E-state index contributed by atoms with van der Waals surface area (Å²) < 4.78 is 21.7. The highest BCUT2D eigenvalue weighted by Crippen LogP contribution is 2.39. The summed E-state index contributed by atoms with van der Waals surface area (Å²) in [5.74, 6) is 0.475. The van der Waals surface area contributed by atoms with Crippen molar-refractivity contribution < 1.29 is 29.6 Å². The van der Waals surface area contributed by atoms with Crippen LogP contribution < -0.4 is 9.64 Å². The number of piperazine rings is 1. The molecule has 2 heterocycles. The van der Waals surface area contributed by atoms with E-state index in [1.807, 2.05) is 0 Å². The fraction of sp³-hybridized carbons (Fsp3) is 0.615. The number of fused-ring (bicyclic) bond motifs is 1. The molecule has 35 heavy (non-hydrogen) atoms. The van der Waals surface area contributed by atoms with Crippen LogP contribution in [0.1, 0.15) is 43.2 Å². The summed E-state index contributed by atoms with van der Waals surface area (Å²) in [5.41, 5.74) is 1.88. The van der Waals surface area contributed by atoms with Crippen molar-refractivity contribution in [2.24, 2.45) is 0 Å². The van der Waals surface area contributed by atoms with Crippen LogP contribution >= 0.6 is 0 Å². The maximum Gasteiger partial charge on any atom is 0.197 e. The van der Waals surface area contributed by atoms with Crippen LogP contribution in [0.5, 0.6) is 17.5 Å². The van der Waals surface area contributed by atoms with E-state index in [0.29, 0.717) is 17.7 Å². The summed E-state index contributed by atoms with van der Waals surface area (Å²) in [5, 5.41) is 40.9. The molecule has 1 aliphatic heterocycles. The lowest BCUT2D eigenvalue weighted by Gasteiger charge is -2.37. The van der Waals surface area contributed by atoms with Gasteiger partial charge in [-0.2, -0.15) is 0 Å². The SMILES string of the molecule is Oc1c2c(c(O)n1CCCN1CCN(c3cc(F)ccc3OC3CCCC3)CC1)CC(O)C(O)C2. The number of aliphatic hydroxyl groups is 2. The van der Waals surface area contributed by atoms with Gasteiger partial charge in [0.15, 0.2) is 11.8 Å². The van der Waals surface area contributed by atoms with Crippen LogP contribution in [0.2, 0.25) is 0 Å². The van der Waals surface area contributed by atoms with Crippen molar-refractivity contribution in [2.45, 2.75) is 69.8 Å². The first kappa shape index (κ1) is 24.2. The molecule has 2 unspecified atom stereocenters. The fourth-order valence-corrected chi connectivity index (χ4v) is 5.72. The average Bonchev–Trinajstić information content (AvgIpc) is 3.44. The first-order chi connectivity index (χ1) is 16.9. The number of rotatable bonds is 7. The molecule has 3 aliphatic rings. The van der Waals surface area contributed by atoms with Crippen molar-refractivity contribution in [1.82, 2.24) is 9.47 Å². The zero-order valence-electron chi connectivity index (χ0n) is 20.1. The Morgan fingerprint density at radius 2 is 1.51 bits per heavy atom. The molecule has 1 saturated heterocycles. The van der Waals surface area contributed by atoms with E-state index in [-0.39, 0.29) is 36.5 Å². The number of halogens is 1. The van der Waals surface area contributed by atoms with Gasteiger partial charge >= 0.3 is 0 Å². The molecule has 2 atom stereocenters. The topological polar surface area (TPSA) is 102 Å². The molecule has 0 bridgehead atoms. The summed E-state index contributed by atoms with van der Waals surface area (Å²) in [6, 6.07) is 4.80. The van der Waals surface area contributed by atoms with Gasteiger partial charge in [-0.15, -0.1) is 0 Å². The standard InChI is InChI=1S/C26H36FN3O5/c27-17-6-7-24(35-18-4-1-2-5-18)21(14-17)29-12-10-28(11-13-29)8-3-9-30-25(33)19-15-22(31)23(32)16-20(19)26(30)34/h6-7,14,18,22-23,31-34H,1-5,8-13,15-16H2. The van der Waals surface area contributed by atoms with Gasteiger partial charge in [0.2, 0.25) is 0 Å². The van der Waals surface area contributed by atoms with Gasteiger partial charge in [0.1, 0.15) is 11.6 Å². The van der Waals surface area contributed by atoms with Crippen molar-refractivity contribution in [2.75, 3.05) is 37.6 Å². The summed E-state index contributed by atoms with van der Waals surface area (Å²) >= 11 is 0. The second-order valence-electron chi connectivity index (χ2n) is 10.1. The number of aliphatic hydroxyl groups excluding tert-OH is 2. The van der Waals surface area contributed by atoms with Gasteiger partial charge in [-0.3, -0.25) is 9.47 Å². The molecule has 0 spiro atoms. The van der Waals surface area contributed by atoms with Gasteiger partial charge < -0.3 is 30.1 Å². The lowest BCUT2D eigenvalue weighted by Crippen LogP contribution is -2.47. The second-order valence-corrected chi connectivity index (χ2v) is 10.1. The first-order valence-electron chi connectivity index (χ1n) is 12.8. The number of ether oxygens (including phenoxy) is 1. The Kier molecular flexibility index (Phi) is 7.09. The molecule has 9 heteroatoms. The van der Waals surface area contributed by atoms with Crippen molar-refractivity contribution in [3.05, 3.63) is 35.1 Å². The van der Waals surface area contributed by atoms with Gasteiger partial charge in [0.25, 0.3) is 0 Å². The average molecular weight is 490 g/mol. The highest BCUT2D eigenvalue weighted by molar-refractivity contribution is 5.59. The van der Waals surface area contributed by atoms with Gasteiger partial charge in [0, 0.05) is 62.8 Å². The Balaban J connectivity index is 1.15. The van der Waals surface area contributed by atoms with Crippen molar-refractivity contribution in [3.8, 4) is 17.5 Å². The summed E-state index contributed by atoms with van der Waals surface area (Å²) in [6.07, 6.45) is 3.85. The van der Waals surface area contributed by atoms with Crippen LogP contribution in [0.15, 0.2) is 18.2 Å². The van der Waals surface area contributed by atoms with E-state index in [4.69, 9.17) is 4.74 Å². The molecule has 2 aliphatic carbocycles. The molecule has 5 rings (SSSR count). The van der Waals surface area contributed by atoms with E-state index >= 15 is 0 Å². The normalized spacial score (nSPS) is 23.6. The van der Waals surface area contributed by atoms with E-state index < -0.39 is 12.2 Å². The smallest absolute Gasteiger partial charge is 0.197 e. The monoisotopic (exact) mass is 489 g/mol. The number of anilines is 1. The number of hydrogen-bond donors (Lipinski definition) is 4. The molecule has 0 radical (unpaired) electrons. The molecule has 2 fully saturated rings. The molecule has 4 N–H and O–H groups in total. The first-order valence-corrected chi connectivity index (χ1v) is 12.8. The van der Waals surface area contributed by atoms with Gasteiger partial charge in [-0.05, 0) is 50.8 Å². The van der Waals surface area contributed by atoms with Gasteiger partial charge in [-0.25, -0.2) is 4.39 Å². The Bertz CT molecular complexity index is 997. The van der Waals surface area contributed by atoms with Crippen LogP contribution in [0.4, 0.5) is 10.1 Å². The van der Waals surface area contributed by atoms with Crippen LogP contribution in [-0.2, 0) is 19.4 Å². The number of aromatic hydroxyl groups is 2. The minimum Gasteiger partial charge on any atom is -0.494 e. The molecule has 1 saturated carbocycles. The third kappa shape index (κ3) is 5.08. The number of benzene rings is 1. The van der Waals surface area contributed by atoms with E-state index in [0.717, 1.165) is 63.4 Å². The Hall–Kier alpha value is -2.49. The largest absolute Gasteiger partial charge is 0.494 e.